The van der Waals surface area contributed by atoms with Gasteiger partial charge in [0.15, 0.2) is 0 Å². The van der Waals surface area contributed by atoms with Gasteiger partial charge in [-0.1, -0.05) is 42.5 Å². The summed E-state index contributed by atoms with van der Waals surface area (Å²) >= 11 is 0. The van der Waals surface area contributed by atoms with Crippen LogP contribution in [-0.4, -0.2) is 85.5 Å². The van der Waals surface area contributed by atoms with Gasteiger partial charge in [0, 0.05) is 45.3 Å². The van der Waals surface area contributed by atoms with Crippen LogP contribution in [0.2, 0.25) is 0 Å². The Bertz CT molecular complexity index is 932. The summed E-state index contributed by atoms with van der Waals surface area (Å²) in [5.74, 6) is 0.942. The minimum absolute atomic E-state index is 0.00133. The Morgan fingerprint density at radius 2 is 1.55 bits per heavy atom. The Morgan fingerprint density at radius 1 is 0.848 bits per heavy atom. The molecule has 2 aliphatic heterocycles. The average molecular weight is 450 g/mol. The Hall–Kier alpha value is -3.16. The van der Waals surface area contributed by atoms with Crippen molar-refractivity contribution < 1.29 is 19.1 Å². The summed E-state index contributed by atoms with van der Waals surface area (Å²) in [5.41, 5.74) is 2.07. The molecule has 4 rings (SSSR count). The summed E-state index contributed by atoms with van der Waals surface area (Å²) in [4.78, 5) is 30.8. The number of benzene rings is 2. The average Bonchev–Trinajstić information content (AvgIpc) is 2.88. The number of amides is 2. The molecule has 0 unspecified atom stereocenters. The molecule has 2 fully saturated rings. The summed E-state index contributed by atoms with van der Waals surface area (Å²) in [6.07, 6.45) is 3.45. The highest BCUT2D eigenvalue weighted by atomic mass is 16.5. The molecular weight excluding hydrogens is 418 g/mol. The lowest BCUT2D eigenvalue weighted by atomic mass is 10.2. The molecule has 7 nitrogen and oxygen atoms in total. The summed E-state index contributed by atoms with van der Waals surface area (Å²) in [6.45, 7) is 6.19. The Balaban J connectivity index is 1.19. The van der Waals surface area contributed by atoms with Crippen LogP contribution in [0.4, 0.5) is 0 Å². The third kappa shape index (κ3) is 6.91. The molecule has 2 heterocycles. The van der Waals surface area contributed by atoms with E-state index in [1.165, 1.54) is 0 Å². The maximum absolute atomic E-state index is 12.6. The molecule has 2 aromatic rings. The van der Waals surface area contributed by atoms with Crippen molar-refractivity contribution in [3.05, 3.63) is 71.8 Å². The maximum Gasteiger partial charge on any atom is 0.246 e. The van der Waals surface area contributed by atoms with Gasteiger partial charge in [-0.2, -0.15) is 0 Å². The zero-order chi connectivity index (χ0) is 22.9. The first-order chi connectivity index (χ1) is 16.2. The van der Waals surface area contributed by atoms with Gasteiger partial charge < -0.3 is 19.3 Å². The molecule has 0 radical (unpaired) electrons. The summed E-state index contributed by atoms with van der Waals surface area (Å²) in [7, 11) is 0. The van der Waals surface area contributed by atoms with Gasteiger partial charge in [-0.15, -0.1) is 0 Å². The number of morpholine rings is 1. The minimum atomic E-state index is -0.00133. The largest absolute Gasteiger partial charge is 0.489 e. The molecule has 7 heteroatoms. The van der Waals surface area contributed by atoms with Gasteiger partial charge in [-0.25, -0.2) is 0 Å². The van der Waals surface area contributed by atoms with Crippen LogP contribution in [-0.2, 0) is 20.9 Å². The van der Waals surface area contributed by atoms with Gasteiger partial charge in [0.1, 0.15) is 12.4 Å². The minimum Gasteiger partial charge on any atom is -0.489 e. The molecule has 0 atom stereocenters. The quantitative estimate of drug-likeness (QED) is 0.607. The summed E-state index contributed by atoms with van der Waals surface area (Å²) in [5, 5.41) is 0. The third-order valence-corrected chi connectivity index (χ3v) is 5.95. The van der Waals surface area contributed by atoms with Gasteiger partial charge >= 0.3 is 0 Å². The van der Waals surface area contributed by atoms with E-state index in [1.807, 2.05) is 70.5 Å². The van der Waals surface area contributed by atoms with Crippen LogP contribution in [0.3, 0.4) is 0 Å². The number of carbonyl (C=O) groups is 2. The first-order valence-corrected chi connectivity index (χ1v) is 11.5. The molecule has 0 N–H and O–H groups in total. The molecular formula is C26H31N3O4. The number of hydrogen-bond donors (Lipinski definition) is 0. The van der Waals surface area contributed by atoms with E-state index in [0.717, 1.165) is 16.9 Å². The van der Waals surface area contributed by atoms with E-state index in [1.54, 1.807) is 6.08 Å². The molecule has 0 aliphatic carbocycles. The standard InChI is InChI=1S/C26H31N3O4/c30-25(28-14-12-27(13-15-28)20-26(31)29-16-18-32-19-17-29)11-8-22-6-9-24(10-7-22)33-21-23-4-2-1-3-5-23/h1-11H,12-21H2. The number of carbonyl (C=O) groups excluding carboxylic acids is 2. The van der Waals surface area contributed by atoms with Crippen molar-refractivity contribution in [2.24, 2.45) is 0 Å². The second-order valence-corrected chi connectivity index (χ2v) is 8.27. The van der Waals surface area contributed by atoms with Gasteiger partial charge in [0.05, 0.1) is 19.8 Å². The lowest BCUT2D eigenvalue weighted by Gasteiger charge is -2.35. The van der Waals surface area contributed by atoms with E-state index < -0.39 is 0 Å². The number of piperazine rings is 1. The second kappa shape index (κ2) is 11.6. The molecule has 0 spiro atoms. The first kappa shape index (κ1) is 23.0. The molecule has 174 valence electrons. The van der Waals surface area contributed by atoms with Crippen LogP contribution in [0, 0.1) is 0 Å². The second-order valence-electron chi connectivity index (χ2n) is 8.27. The van der Waals surface area contributed by atoms with Crippen molar-refractivity contribution in [2.75, 3.05) is 59.0 Å². The monoisotopic (exact) mass is 449 g/mol. The summed E-state index contributed by atoms with van der Waals surface area (Å²) in [6, 6.07) is 17.8. The molecule has 2 aliphatic rings. The number of rotatable bonds is 7. The molecule has 0 bridgehead atoms. The first-order valence-electron chi connectivity index (χ1n) is 11.5. The van der Waals surface area contributed by atoms with Crippen molar-refractivity contribution in [1.29, 1.82) is 0 Å². The highest BCUT2D eigenvalue weighted by molar-refractivity contribution is 5.91. The molecule has 0 saturated carbocycles. The van der Waals surface area contributed by atoms with E-state index >= 15 is 0 Å². The molecule has 2 amide bonds. The van der Waals surface area contributed by atoms with Gasteiger partial charge in [0.25, 0.3) is 0 Å². The summed E-state index contributed by atoms with van der Waals surface area (Å²) < 4.78 is 11.1. The fraction of sp³-hybridized carbons (Fsp3) is 0.385. The topological polar surface area (TPSA) is 62.3 Å². The van der Waals surface area contributed by atoms with E-state index in [0.29, 0.717) is 65.6 Å². The Labute approximate surface area is 195 Å². The van der Waals surface area contributed by atoms with Crippen LogP contribution >= 0.6 is 0 Å². The van der Waals surface area contributed by atoms with Gasteiger partial charge in [-0.3, -0.25) is 14.5 Å². The van der Waals surface area contributed by atoms with Crippen LogP contribution < -0.4 is 4.74 Å². The highest BCUT2D eigenvalue weighted by Crippen LogP contribution is 2.15. The van der Waals surface area contributed by atoms with Crippen molar-refractivity contribution >= 4 is 17.9 Å². The van der Waals surface area contributed by atoms with Crippen LogP contribution in [0.25, 0.3) is 6.08 Å². The molecule has 2 saturated heterocycles. The van der Waals surface area contributed by atoms with E-state index in [-0.39, 0.29) is 11.8 Å². The predicted molar refractivity (Wildman–Crippen MR) is 127 cm³/mol. The third-order valence-electron chi connectivity index (χ3n) is 5.95. The SMILES string of the molecule is O=C(C=Cc1ccc(OCc2ccccc2)cc1)N1CCN(CC(=O)N2CCOCC2)CC1. The smallest absolute Gasteiger partial charge is 0.246 e. The van der Waals surface area contributed by atoms with Gasteiger partial charge in [0.2, 0.25) is 11.8 Å². The van der Waals surface area contributed by atoms with Crippen molar-refractivity contribution in [3.63, 3.8) is 0 Å². The van der Waals surface area contributed by atoms with E-state index in [2.05, 4.69) is 4.90 Å². The zero-order valence-corrected chi connectivity index (χ0v) is 18.9. The Kier molecular flexibility index (Phi) is 8.11. The number of ether oxygens (including phenoxy) is 2. The zero-order valence-electron chi connectivity index (χ0n) is 18.9. The van der Waals surface area contributed by atoms with Crippen molar-refractivity contribution in [3.8, 4) is 5.75 Å². The maximum atomic E-state index is 12.6. The fourth-order valence-corrected chi connectivity index (χ4v) is 3.92. The molecule has 33 heavy (non-hydrogen) atoms. The van der Waals surface area contributed by atoms with Gasteiger partial charge in [-0.05, 0) is 29.3 Å². The van der Waals surface area contributed by atoms with Crippen molar-refractivity contribution in [1.82, 2.24) is 14.7 Å². The van der Waals surface area contributed by atoms with E-state index in [4.69, 9.17) is 9.47 Å². The highest BCUT2D eigenvalue weighted by Gasteiger charge is 2.24. The van der Waals surface area contributed by atoms with Crippen LogP contribution in [0.1, 0.15) is 11.1 Å². The molecule has 2 aromatic carbocycles. The number of nitrogens with zero attached hydrogens (tertiary/aromatic N) is 3. The fourth-order valence-electron chi connectivity index (χ4n) is 3.92. The lowest BCUT2D eigenvalue weighted by Crippen LogP contribution is -2.52. The van der Waals surface area contributed by atoms with E-state index in [9.17, 15) is 9.59 Å². The van der Waals surface area contributed by atoms with Crippen LogP contribution in [0.5, 0.6) is 5.75 Å². The van der Waals surface area contributed by atoms with Crippen molar-refractivity contribution in [2.45, 2.75) is 6.61 Å². The molecule has 0 aromatic heterocycles. The predicted octanol–water partition coefficient (Wildman–Crippen LogP) is 2.28. The normalized spacial score (nSPS) is 17.3. The lowest BCUT2D eigenvalue weighted by molar-refractivity contribution is -0.137. The Morgan fingerprint density at radius 3 is 2.24 bits per heavy atom. The van der Waals surface area contributed by atoms with Crippen LogP contribution in [0.15, 0.2) is 60.7 Å². The number of hydrogen-bond acceptors (Lipinski definition) is 5.